The molecule has 14 heteroatoms. The molecule has 0 radical (unpaired) electrons. The van der Waals surface area contributed by atoms with Crippen molar-refractivity contribution in [2.45, 2.75) is 96.6 Å². The van der Waals surface area contributed by atoms with Crippen molar-refractivity contribution in [1.29, 1.82) is 0 Å². The summed E-state index contributed by atoms with van der Waals surface area (Å²) in [5.41, 5.74) is 6.22. The first kappa shape index (κ1) is 39.9. The van der Waals surface area contributed by atoms with Gasteiger partial charge in [0.25, 0.3) is 11.8 Å². The Morgan fingerprint density at radius 2 is 1.28 bits per heavy atom. The van der Waals surface area contributed by atoms with E-state index in [2.05, 4.69) is 20.4 Å². The average Bonchev–Trinajstić information content (AvgIpc) is 4.10. The van der Waals surface area contributed by atoms with E-state index in [1.165, 1.54) is 32.1 Å². The molecular formula is C46H54Cl2N8O4. The third kappa shape index (κ3) is 6.86. The van der Waals surface area contributed by atoms with E-state index < -0.39 is 11.4 Å². The van der Waals surface area contributed by atoms with Gasteiger partial charge in [-0.05, 0) is 106 Å². The van der Waals surface area contributed by atoms with Gasteiger partial charge in [-0.1, -0.05) is 47.5 Å². The fourth-order valence-electron chi connectivity index (χ4n) is 12.3. The van der Waals surface area contributed by atoms with Crippen LogP contribution in [0.2, 0.25) is 10.0 Å². The van der Waals surface area contributed by atoms with Crippen LogP contribution in [0.4, 0.5) is 11.4 Å². The quantitative estimate of drug-likeness (QED) is 0.137. The van der Waals surface area contributed by atoms with Gasteiger partial charge in [-0.25, -0.2) is 9.97 Å². The second-order valence-corrected chi connectivity index (χ2v) is 19.9. The fourth-order valence-corrected chi connectivity index (χ4v) is 12.8. The van der Waals surface area contributed by atoms with E-state index >= 15 is 0 Å². The number of carbonyl (C=O) groups is 3. The molecule has 2 aliphatic heterocycles. The molecule has 0 spiro atoms. The van der Waals surface area contributed by atoms with Gasteiger partial charge >= 0.3 is 5.97 Å². The van der Waals surface area contributed by atoms with Crippen molar-refractivity contribution in [2.24, 2.45) is 36.3 Å². The normalized spacial score (nSPS) is 27.0. The summed E-state index contributed by atoms with van der Waals surface area (Å²) in [7, 11) is 3.80. The van der Waals surface area contributed by atoms with Gasteiger partial charge < -0.3 is 24.9 Å². The van der Waals surface area contributed by atoms with Gasteiger partial charge in [0.15, 0.2) is 11.6 Å². The SMILES string of the molecule is Cn1c(C(=O)Nc2cccc(-c3cccc(NC(=O)c4nc5c(n4C)CCN(CC46CCC(CC4)C6)C5)c3Cl)c2Cl)nc2c1CCN(CCC13CCC(C(=O)O)(CC1)C3)C2. The van der Waals surface area contributed by atoms with E-state index in [0.717, 1.165) is 113 Å². The Labute approximate surface area is 361 Å². The monoisotopic (exact) mass is 852 g/mol. The van der Waals surface area contributed by atoms with Crippen molar-refractivity contribution in [2.75, 3.05) is 36.8 Å². The minimum absolute atomic E-state index is 0.136. The minimum Gasteiger partial charge on any atom is -0.481 e. The molecule has 2 amide bonds. The topological polar surface area (TPSA) is 138 Å². The maximum atomic E-state index is 13.8. The first-order valence-electron chi connectivity index (χ1n) is 21.8. The Morgan fingerprint density at radius 1 is 0.750 bits per heavy atom. The molecule has 4 fully saturated rings. The minimum atomic E-state index is -0.624. The third-order valence-electron chi connectivity index (χ3n) is 15.7. The zero-order valence-electron chi connectivity index (χ0n) is 34.6. The second kappa shape index (κ2) is 15.0. The van der Waals surface area contributed by atoms with Crippen LogP contribution in [0.3, 0.4) is 0 Å². The van der Waals surface area contributed by atoms with E-state index in [0.29, 0.717) is 56.2 Å². The molecule has 6 aliphatic rings. The molecule has 4 aromatic rings. The molecule has 316 valence electrons. The average molecular weight is 854 g/mol. The summed E-state index contributed by atoms with van der Waals surface area (Å²) < 4.78 is 3.80. The highest BCUT2D eigenvalue weighted by molar-refractivity contribution is 6.40. The lowest BCUT2D eigenvalue weighted by Crippen LogP contribution is -2.39. The van der Waals surface area contributed by atoms with E-state index in [1.54, 1.807) is 12.1 Å². The number of carboxylic acids is 1. The number of carbonyl (C=O) groups excluding carboxylic acids is 2. The highest BCUT2D eigenvalue weighted by Gasteiger charge is 2.58. The number of carboxylic acid groups (broad SMARTS) is 1. The molecule has 2 aromatic heterocycles. The number of imidazole rings is 2. The van der Waals surface area contributed by atoms with E-state index in [9.17, 15) is 19.5 Å². The Morgan fingerprint density at radius 3 is 1.78 bits per heavy atom. The van der Waals surface area contributed by atoms with Crippen LogP contribution < -0.4 is 10.6 Å². The number of hydrogen-bond donors (Lipinski definition) is 3. The lowest BCUT2D eigenvalue weighted by molar-refractivity contribution is -0.148. The maximum absolute atomic E-state index is 13.8. The number of amides is 2. The van der Waals surface area contributed by atoms with Gasteiger partial charge in [0, 0.05) is 82.2 Å². The van der Waals surface area contributed by atoms with Crippen LogP contribution in [0.25, 0.3) is 11.1 Å². The molecule has 10 rings (SSSR count). The van der Waals surface area contributed by atoms with Crippen molar-refractivity contribution >= 4 is 52.4 Å². The zero-order chi connectivity index (χ0) is 41.6. The molecule has 12 nitrogen and oxygen atoms in total. The number of aliphatic carboxylic acids is 1. The van der Waals surface area contributed by atoms with Gasteiger partial charge in [-0.3, -0.25) is 24.2 Å². The Hall–Kier alpha value is -4.23. The molecule has 3 N–H and O–H groups in total. The van der Waals surface area contributed by atoms with Crippen LogP contribution in [0.5, 0.6) is 0 Å². The summed E-state index contributed by atoms with van der Waals surface area (Å²) in [4.78, 5) is 54.2. The van der Waals surface area contributed by atoms with Crippen LogP contribution in [-0.4, -0.2) is 78.0 Å². The van der Waals surface area contributed by atoms with Crippen LogP contribution >= 0.6 is 23.2 Å². The highest BCUT2D eigenvalue weighted by Crippen LogP contribution is 2.63. The van der Waals surface area contributed by atoms with Gasteiger partial charge in [-0.15, -0.1) is 0 Å². The predicted molar refractivity (Wildman–Crippen MR) is 231 cm³/mol. The zero-order valence-corrected chi connectivity index (χ0v) is 36.1. The number of nitrogens with zero attached hydrogens (tertiary/aromatic N) is 6. The number of rotatable bonds is 11. The molecule has 0 unspecified atom stereocenters. The number of fused-ring (bicyclic) bond motifs is 6. The van der Waals surface area contributed by atoms with Crippen molar-refractivity contribution in [3.63, 3.8) is 0 Å². The van der Waals surface area contributed by atoms with Crippen LogP contribution in [-0.2, 0) is 44.8 Å². The van der Waals surface area contributed by atoms with E-state index in [4.69, 9.17) is 33.2 Å². The molecule has 60 heavy (non-hydrogen) atoms. The summed E-state index contributed by atoms with van der Waals surface area (Å²) in [5.74, 6) is 0.280. The van der Waals surface area contributed by atoms with Gasteiger partial charge in [0.1, 0.15) is 0 Å². The van der Waals surface area contributed by atoms with Crippen molar-refractivity contribution < 1.29 is 19.5 Å². The van der Waals surface area contributed by atoms with Crippen LogP contribution in [0.1, 0.15) is 115 Å². The van der Waals surface area contributed by atoms with Gasteiger partial charge in [0.05, 0.1) is 38.2 Å². The summed E-state index contributed by atoms with van der Waals surface area (Å²) in [6.45, 7) is 5.30. The van der Waals surface area contributed by atoms with Crippen molar-refractivity contribution in [3.05, 3.63) is 80.9 Å². The number of anilines is 2. The Balaban J connectivity index is 0.798. The molecule has 4 aliphatic carbocycles. The Kier molecular flexibility index (Phi) is 9.96. The van der Waals surface area contributed by atoms with Crippen LogP contribution in [0.15, 0.2) is 36.4 Å². The fraction of sp³-hybridized carbons (Fsp3) is 0.543. The van der Waals surface area contributed by atoms with Gasteiger partial charge in [0.2, 0.25) is 0 Å². The molecule has 4 saturated carbocycles. The van der Waals surface area contributed by atoms with E-state index in [1.807, 2.05) is 47.5 Å². The third-order valence-corrected chi connectivity index (χ3v) is 16.5. The summed E-state index contributed by atoms with van der Waals surface area (Å²) in [6.07, 6.45) is 13.8. The second-order valence-electron chi connectivity index (χ2n) is 19.2. The molecule has 4 bridgehead atoms. The summed E-state index contributed by atoms with van der Waals surface area (Å²) in [6, 6.07) is 10.8. The standard InChI is InChI=1S/C46H54Cl2N8O4/c1-53-35-11-20-55(22-19-44-15-17-46(26-44,18-16-44)43(59)60)24-33(35)49-39(53)41(57)51-31-7-3-5-29(37(31)47)30-6-4-8-32(38(30)48)52-42(58)40-50-34-25-56(21-12-36(34)54(40)2)27-45-13-9-28(23-45)10-14-45/h3-8,28H,9-27H2,1-2H3,(H,51,57)(H,52,58)(H,59,60). The lowest BCUT2D eigenvalue weighted by Gasteiger charge is -2.35. The van der Waals surface area contributed by atoms with E-state index in [-0.39, 0.29) is 17.2 Å². The first-order chi connectivity index (χ1) is 28.8. The molecular weight excluding hydrogens is 799 g/mol. The highest BCUT2D eigenvalue weighted by atomic mass is 35.5. The number of aromatic nitrogens is 4. The van der Waals surface area contributed by atoms with Crippen LogP contribution in [0, 0.1) is 22.2 Å². The lowest BCUT2D eigenvalue weighted by atomic mass is 9.80. The predicted octanol–water partition coefficient (Wildman–Crippen LogP) is 8.35. The van der Waals surface area contributed by atoms with Gasteiger partial charge in [-0.2, -0.15) is 0 Å². The number of halogens is 2. The Bertz CT molecular complexity index is 2410. The summed E-state index contributed by atoms with van der Waals surface area (Å²) in [5, 5.41) is 16.5. The molecule has 4 heterocycles. The summed E-state index contributed by atoms with van der Waals surface area (Å²) >= 11 is 14.0. The number of benzene rings is 2. The smallest absolute Gasteiger partial charge is 0.309 e. The molecule has 0 saturated heterocycles. The van der Waals surface area contributed by atoms with Crippen molar-refractivity contribution in [1.82, 2.24) is 28.9 Å². The maximum Gasteiger partial charge on any atom is 0.309 e. The largest absolute Gasteiger partial charge is 0.481 e. The van der Waals surface area contributed by atoms with Crippen molar-refractivity contribution in [3.8, 4) is 11.1 Å². The number of hydrogen-bond acceptors (Lipinski definition) is 7. The first-order valence-corrected chi connectivity index (χ1v) is 22.6. The molecule has 0 atom stereocenters. The number of nitrogens with one attached hydrogen (secondary N) is 2. The molecule has 2 aromatic carbocycles.